The van der Waals surface area contributed by atoms with Gasteiger partial charge in [0.25, 0.3) is 5.56 Å². The van der Waals surface area contributed by atoms with Crippen molar-refractivity contribution >= 4 is 11.6 Å². The van der Waals surface area contributed by atoms with Gasteiger partial charge < -0.3 is 23.7 Å². The van der Waals surface area contributed by atoms with Gasteiger partial charge in [-0.3, -0.25) is 4.79 Å². The monoisotopic (exact) mass is 350 g/mol. The summed E-state index contributed by atoms with van der Waals surface area (Å²) in [6.07, 6.45) is 1.70. The van der Waals surface area contributed by atoms with Gasteiger partial charge in [0.1, 0.15) is 12.4 Å². The second-order valence-corrected chi connectivity index (χ2v) is 6.18. The van der Waals surface area contributed by atoms with Gasteiger partial charge in [-0.1, -0.05) is 11.6 Å². The molecule has 2 aromatic rings. The quantitative estimate of drug-likeness (QED) is 0.799. The molecule has 0 saturated carbocycles. The van der Waals surface area contributed by atoms with Gasteiger partial charge in [-0.15, -0.1) is 0 Å². The number of nitrogens with zero attached hydrogens (tertiary/aromatic N) is 2. The summed E-state index contributed by atoms with van der Waals surface area (Å²) in [4.78, 5) is 14.3. The third kappa shape index (κ3) is 3.83. The standard InChI is InChI=1S/C17H19ClN2O4/c1-19(2)5-6-22-13-3-4-20(17(21)8-13)10-12-7-15-16(9-14(12)18)24-11-23-15/h3-4,7-9H,5-6,10-11H2,1-2H3. The molecule has 0 atom stereocenters. The van der Waals surface area contributed by atoms with E-state index in [1.807, 2.05) is 19.0 Å². The van der Waals surface area contributed by atoms with E-state index in [9.17, 15) is 4.79 Å². The minimum Gasteiger partial charge on any atom is -0.492 e. The fraction of sp³-hybridized carbons (Fsp3) is 0.353. The molecular formula is C17H19ClN2O4. The summed E-state index contributed by atoms with van der Waals surface area (Å²) in [6, 6.07) is 6.77. The van der Waals surface area contributed by atoms with Crippen LogP contribution in [0, 0.1) is 0 Å². The van der Waals surface area contributed by atoms with E-state index in [0.29, 0.717) is 35.4 Å². The SMILES string of the molecule is CN(C)CCOc1ccn(Cc2cc3c(cc2Cl)OCO3)c(=O)c1. The number of benzene rings is 1. The molecule has 3 rings (SSSR count). The first kappa shape index (κ1) is 16.7. The molecule has 0 aliphatic carbocycles. The number of hydrogen-bond donors (Lipinski definition) is 0. The summed E-state index contributed by atoms with van der Waals surface area (Å²) in [6.45, 7) is 1.86. The number of fused-ring (bicyclic) bond motifs is 1. The summed E-state index contributed by atoms with van der Waals surface area (Å²) in [5, 5.41) is 0.539. The normalized spacial score (nSPS) is 12.7. The van der Waals surface area contributed by atoms with E-state index in [1.165, 1.54) is 6.07 Å². The molecule has 1 aliphatic rings. The van der Waals surface area contributed by atoms with Crippen molar-refractivity contribution in [2.45, 2.75) is 6.54 Å². The molecule has 0 unspecified atom stereocenters. The van der Waals surface area contributed by atoms with Crippen molar-refractivity contribution in [3.8, 4) is 17.2 Å². The third-order valence-electron chi connectivity index (χ3n) is 3.66. The number of likely N-dealkylation sites (N-methyl/N-ethyl adjacent to an activating group) is 1. The van der Waals surface area contributed by atoms with Gasteiger partial charge in [0.15, 0.2) is 11.5 Å². The molecule has 128 valence electrons. The molecule has 0 amide bonds. The van der Waals surface area contributed by atoms with Crippen molar-refractivity contribution in [2.75, 3.05) is 34.0 Å². The van der Waals surface area contributed by atoms with Crippen LogP contribution in [-0.4, -0.2) is 43.5 Å². The number of halogens is 1. The van der Waals surface area contributed by atoms with Gasteiger partial charge in [0.05, 0.1) is 6.54 Å². The van der Waals surface area contributed by atoms with Crippen molar-refractivity contribution in [3.63, 3.8) is 0 Å². The highest BCUT2D eigenvalue weighted by Gasteiger charge is 2.16. The Bertz CT molecular complexity index is 789. The van der Waals surface area contributed by atoms with Crippen LogP contribution in [0.15, 0.2) is 35.3 Å². The molecule has 1 aromatic carbocycles. The Hall–Kier alpha value is -2.18. The number of aromatic nitrogens is 1. The molecule has 7 heteroatoms. The summed E-state index contributed by atoms with van der Waals surface area (Å²) in [5.74, 6) is 1.83. The third-order valence-corrected chi connectivity index (χ3v) is 4.01. The lowest BCUT2D eigenvalue weighted by Crippen LogP contribution is -2.22. The molecule has 24 heavy (non-hydrogen) atoms. The Morgan fingerprint density at radius 2 is 2.00 bits per heavy atom. The van der Waals surface area contributed by atoms with E-state index >= 15 is 0 Å². The smallest absolute Gasteiger partial charge is 0.254 e. The number of rotatable bonds is 6. The zero-order valence-electron chi connectivity index (χ0n) is 13.6. The highest BCUT2D eigenvalue weighted by atomic mass is 35.5. The van der Waals surface area contributed by atoms with Crippen LogP contribution in [0.25, 0.3) is 0 Å². The zero-order chi connectivity index (χ0) is 17.1. The second-order valence-electron chi connectivity index (χ2n) is 5.78. The fourth-order valence-electron chi connectivity index (χ4n) is 2.32. The molecule has 0 bridgehead atoms. The molecule has 0 saturated heterocycles. The van der Waals surface area contributed by atoms with E-state index in [1.54, 1.807) is 29.0 Å². The predicted molar refractivity (Wildman–Crippen MR) is 91.4 cm³/mol. The van der Waals surface area contributed by atoms with E-state index < -0.39 is 0 Å². The summed E-state index contributed by atoms with van der Waals surface area (Å²) >= 11 is 6.26. The first-order chi connectivity index (χ1) is 11.5. The molecule has 1 aliphatic heterocycles. The highest BCUT2D eigenvalue weighted by Crippen LogP contribution is 2.36. The van der Waals surface area contributed by atoms with E-state index in [-0.39, 0.29) is 12.4 Å². The maximum Gasteiger partial charge on any atom is 0.254 e. The average molecular weight is 351 g/mol. The highest BCUT2D eigenvalue weighted by molar-refractivity contribution is 6.31. The maximum atomic E-state index is 12.3. The largest absolute Gasteiger partial charge is 0.492 e. The number of ether oxygens (including phenoxy) is 3. The van der Waals surface area contributed by atoms with Gasteiger partial charge >= 0.3 is 0 Å². The van der Waals surface area contributed by atoms with E-state index in [2.05, 4.69) is 0 Å². The van der Waals surface area contributed by atoms with Crippen LogP contribution in [0.3, 0.4) is 0 Å². The molecule has 2 heterocycles. The van der Waals surface area contributed by atoms with E-state index in [4.69, 9.17) is 25.8 Å². The lowest BCUT2D eigenvalue weighted by atomic mass is 10.2. The Kier molecular flexibility index (Phi) is 4.97. The molecule has 0 radical (unpaired) electrons. The van der Waals surface area contributed by atoms with Crippen molar-refractivity contribution in [3.05, 3.63) is 51.4 Å². The minimum atomic E-state index is -0.147. The van der Waals surface area contributed by atoms with Crippen LogP contribution >= 0.6 is 11.6 Å². The average Bonchev–Trinajstić information content (AvgIpc) is 2.96. The maximum absolute atomic E-state index is 12.3. The van der Waals surface area contributed by atoms with Gasteiger partial charge in [-0.25, -0.2) is 0 Å². The molecule has 6 nitrogen and oxygen atoms in total. The first-order valence-corrected chi connectivity index (χ1v) is 7.97. The number of pyridine rings is 1. The van der Waals surface area contributed by atoms with Crippen LogP contribution in [0.1, 0.15) is 5.56 Å². The minimum absolute atomic E-state index is 0.147. The predicted octanol–water partition coefficient (Wildman–Crippen LogP) is 2.22. The Morgan fingerprint density at radius 1 is 1.25 bits per heavy atom. The summed E-state index contributed by atoms with van der Waals surface area (Å²) in [5.41, 5.74) is 0.648. The lowest BCUT2D eigenvalue weighted by Gasteiger charge is -2.12. The Balaban J connectivity index is 1.73. The fourth-order valence-corrected chi connectivity index (χ4v) is 2.53. The van der Waals surface area contributed by atoms with Gasteiger partial charge in [0.2, 0.25) is 6.79 Å². The number of hydrogen-bond acceptors (Lipinski definition) is 5. The van der Waals surface area contributed by atoms with E-state index in [0.717, 1.165) is 12.1 Å². The van der Waals surface area contributed by atoms with Crippen molar-refractivity contribution in [1.29, 1.82) is 0 Å². The van der Waals surface area contributed by atoms with Crippen LogP contribution < -0.4 is 19.8 Å². The molecule has 1 aromatic heterocycles. The second kappa shape index (κ2) is 7.15. The lowest BCUT2D eigenvalue weighted by molar-refractivity contribution is 0.174. The van der Waals surface area contributed by atoms with Gasteiger partial charge in [0, 0.05) is 29.9 Å². The Labute approximate surface area is 145 Å². The van der Waals surface area contributed by atoms with Crippen molar-refractivity contribution < 1.29 is 14.2 Å². The topological polar surface area (TPSA) is 52.9 Å². The van der Waals surface area contributed by atoms with Crippen LogP contribution in [-0.2, 0) is 6.54 Å². The van der Waals surface area contributed by atoms with Crippen LogP contribution in [0.4, 0.5) is 0 Å². The van der Waals surface area contributed by atoms with Crippen LogP contribution in [0.5, 0.6) is 17.2 Å². The first-order valence-electron chi connectivity index (χ1n) is 7.59. The molecule has 0 spiro atoms. The van der Waals surface area contributed by atoms with Gasteiger partial charge in [-0.05, 0) is 31.8 Å². The molecule has 0 N–H and O–H groups in total. The van der Waals surface area contributed by atoms with Crippen molar-refractivity contribution in [1.82, 2.24) is 9.47 Å². The zero-order valence-corrected chi connectivity index (χ0v) is 14.4. The summed E-state index contributed by atoms with van der Waals surface area (Å²) in [7, 11) is 3.94. The Morgan fingerprint density at radius 3 is 2.71 bits per heavy atom. The van der Waals surface area contributed by atoms with Gasteiger partial charge in [-0.2, -0.15) is 0 Å². The van der Waals surface area contributed by atoms with Crippen molar-refractivity contribution in [2.24, 2.45) is 0 Å². The van der Waals surface area contributed by atoms with Crippen LogP contribution in [0.2, 0.25) is 5.02 Å². The molecule has 0 fully saturated rings. The summed E-state index contributed by atoms with van der Waals surface area (Å²) < 4.78 is 17.8. The molecular weight excluding hydrogens is 332 g/mol.